The van der Waals surface area contributed by atoms with Crippen LogP contribution < -0.4 is 9.80 Å². The van der Waals surface area contributed by atoms with E-state index >= 15 is 0 Å². The van der Waals surface area contributed by atoms with Crippen LogP contribution in [-0.4, -0.2) is 0 Å². The molecule has 0 radical (unpaired) electrons. The van der Waals surface area contributed by atoms with E-state index in [2.05, 4.69) is 301 Å². The highest BCUT2D eigenvalue weighted by Crippen LogP contribution is 2.50. The lowest BCUT2D eigenvalue weighted by Crippen LogP contribution is -2.10. The van der Waals surface area contributed by atoms with Crippen molar-refractivity contribution in [1.29, 1.82) is 0 Å². The standard InChI is InChI=1S/C74H48N2/c1-3-21-59(22-4-1)75(61-37-35-49-15-7-9-19-55(49)43-61)63-39-41-67-71(47-63)73(57-33-31-53-29-27-51-17-11-13-25-65(51)69(53)45-57)68-42-40-64(76(60-23-5-2-6-24-60)62-38-36-50-16-8-10-20-56(50)44-62)48-72(68)74(67)58-34-32-54-30-28-52-18-12-14-26-66(52)70(54)46-58/h1-48H. The summed E-state index contributed by atoms with van der Waals surface area (Å²) < 4.78 is 0. The second kappa shape index (κ2) is 17.9. The van der Waals surface area contributed by atoms with Gasteiger partial charge in [0.05, 0.1) is 0 Å². The van der Waals surface area contributed by atoms with Crippen molar-refractivity contribution in [2.75, 3.05) is 9.80 Å². The topological polar surface area (TPSA) is 6.48 Å². The fourth-order valence-electron chi connectivity index (χ4n) is 12.1. The average Bonchev–Trinajstić information content (AvgIpc) is 3.59. The highest BCUT2D eigenvalue weighted by atomic mass is 15.1. The van der Waals surface area contributed by atoms with E-state index in [9.17, 15) is 0 Å². The number of anilines is 6. The Balaban J connectivity index is 1.07. The summed E-state index contributed by atoms with van der Waals surface area (Å²) in [6.45, 7) is 0. The van der Waals surface area contributed by atoms with Gasteiger partial charge >= 0.3 is 0 Å². The van der Waals surface area contributed by atoms with Crippen molar-refractivity contribution < 1.29 is 0 Å². The molecule has 0 fully saturated rings. The second-order valence-electron chi connectivity index (χ2n) is 20.1. The molecule has 0 bridgehead atoms. The summed E-state index contributed by atoms with van der Waals surface area (Å²) in [4.78, 5) is 4.83. The van der Waals surface area contributed by atoms with Crippen LogP contribution in [0.5, 0.6) is 0 Å². The largest absolute Gasteiger partial charge is 0.310 e. The maximum absolute atomic E-state index is 2.46. The molecule has 354 valence electrons. The maximum Gasteiger partial charge on any atom is 0.0468 e. The zero-order valence-electron chi connectivity index (χ0n) is 41.6. The Hall–Kier alpha value is -10.0. The molecule has 0 aromatic heterocycles. The summed E-state index contributed by atoms with van der Waals surface area (Å²) in [5.41, 5.74) is 11.3. The lowest BCUT2D eigenvalue weighted by atomic mass is 9.84. The van der Waals surface area contributed by atoms with Gasteiger partial charge in [0, 0.05) is 34.1 Å². The molecule has 2 nitrogen and oxygen atoms in total. The van der Waals surface area contributed by atoms with Crippen LogP contribution in [0.25, 0.3) is 108 Å². The van der Waals surface area contributed by atoms with E-state index in [1.54, 1.807) is 0 Å². The first-order valence-electron chi connectivity index (χ1n) is 26.2. The van der Waals surface area contributed by atoms with Crippen LogP contribution in [0.4, 0.5) is 34.1 Å². The van der Waals surface area contributed by atoms with Crippen LogP contribution >= 0.6 is 0 Å². The minimum atomic E-state index is 1.08. The summed E-state index contributed by atoms with van der Waals surface area (Å²) >= 11 is 0. The van der Waals surface area contributed by atoms with Crippen LogP contribution in [0.1, 0.15) is 0 Å². The van der Waals surface area contributed by atoms with Gasteiger partial charge in [0.15, 0.2) is 0 Å². The third-order valence-corrected chi connectivity index (χ3v) is 15.7. The van der Waals surface area contributed by atoms with Crippen molar-refractivity contribution in [3.63, 3.8) is 0 Å². The molecule has 0 aliphatic heterocycles. The minimum Gasteiger partial charge on any atom is -0.310 e. The molecular formula is C74H48N2. The van der Waals surface area contributed by atoms with E-state index in [1.165, 1.54) is 108 Å². The van der Waals surface area contributed by atoms with Gasteiger partial charge in [0.2, 0.25) is 0 Å². The van der Waals surface area contributed by atoms with Crippen molar-refractivity contribution in [3.8, 4) is 22.3 Å². The Morgan fingerprint density at radius 3 is 0.908 bits per heavy atom. The molecule has 0 saturated heterocycles. The quantitative estimate of drug-likeness (QED) is 0.111. The molecule has 15 aromatic rings. The van der Waals surface area contributed by atoms with Gasteiger partial charge in [-0.1, -0.05) is 206 Å². The van der Waals surface area contributed by atoms with E-state index in [1.807, 2.05) is 0 Å². The van der Waals surface area contributed by atoms with E-state index in [-0.39, 0.29) is 0 Å². The summed E-state index contributed by atoms with van der Waals surface area (Å²) in [5, 5.41) is 19.5. The molecule has 2 heteroatoms. The molecule has 0 saturated carbocycles. The zero-order chi connectivity index (χ0) is 50.1. The maximum atomic E-state index is 2.46. The number of fused-ring (bicyclic) bond motifs is 10. The zero-order valence-corrected chi connectivity index (χ0v) is 41.6. The minimum absolute atomic E-state index is 1.08. The Labute approximate surface area is 441 Å². The van der Waals surface area contributed by atoms with Crippen LogP contribution in [0.15, 0.2) is 291 Å². The molecule has 0 heterocycles. The average molecular weight is 965 g/mol. The predicted molar refractivity (Wildman–Crippen MR) is 327 cm³/mol. The smallest absolute Gasteiger partial charge is 0.0468 e. The van der Waals surface area contributed by atoms with Gasteiger partial charge in [-0.3, -0.25) is 0 Å². The number of benzene rings is 15. The molecule has 0 unspecified atom stereocenters. The van der Waals surface area contributed by atoms with Gasteiger partial charge in [-0.25, -0.2) is 0 Å². The van der Waals surface area contributed by atoms with Crippen molar-refractivity contribution in [3.05, 3.63) is 291 Å². The molecule has 15 aromatic carbocycles. The molecule has 15 rings (SSSR count). The van der Waals surface area contributed by atoms with Gasteiger partial charge in [0.25, 0.3) is 0 Å². The molecule has 0 aliphatic rings. The lowest BCUT2D eigenvalue weighted by Gasteiger charge is -2.28. The summed E-state index contributed by atoms with van der Waals surface area (Å²) in [7, 11) is 0. The first-order valence-corrected chi connectivity index (χ1v) is 26.2. The van der Waals surface area contributed by atoms with E-state index in [4.69, 9.17) is 0 Å². The first kappa shape index (κ1) is 43.6. The third kappa shape index (κ3) is 7.34. The van der Waals surface area contributed by atoms with Gasteiger partial charge in [0.1, 0.15) is 0 Å². The van der Waals surface area contributed by atoms with Gasteiger partial charge < -0.3 is 9.80 Å². The van der Waals surface area contributed by atoms with Crippen LogP contribution in [0.3, 0.4) is 0 Å². The normalized spacial score (nSPS) is 11.7. The number of rotatable bonds is 8. The molecule has 0 N–H and O–H groups in total. The van der Waals surface area contributed by atoms with E-state index < -0.39 is 0 Å². The molecule has 76 heavy (non-hydrogen) atoms. The Bertz CT molecular complexity index is 4470. The number of hydrogen-bond acceptors (Lipinski definition) is 2. The number of para-hydroxylation sites is 2. The van der Waals surface area contributed by atoms with Crippen molar-refractivity contribution in [2.24, 2.45) is 0 Å². The monoisotopic (exact) mass is 964 g/mol. The first-order chi connectivity index (χ1) is 37.7. The number of hydrogen-bond donors (Lipinski definition) is 0. The highest BCUT2D eigenvalue weighted by Gasteiger charge is 2.23. The SMILES string of the molecule is c1ccc(N(c2ccc3ccccc3c2)c2ccc3c(-c4ccc5ccc6ccccc6c5c4)c4cc(N(c5ccccc5)c5ccc6ccccc6c5)ccc4c(-c4ccc5ccc6ccccc6c5c4)c3c2)cc1. The summed E-state index contributed by atoms with van der Waals surface area (Å²) in [5.74, 6) is 0. The third-order valence-electron chi connectivity index (χ3n) is 15.7. The van der Waals surface area contributed by atoms with Gasteiger partial charge in [-0.15, -0.1) is 0 Å². The van der Waals surface area contributed by atoms with Gasteiger partial charge in [-0.2, -0.15) is 0 Å². The van der Waals surface area contributed by atoms with E-state index in [0.717, 1.165) is 34.1 Å². The van der Waals surface area contributed by atoms with Crippen LogP contribution in [0.2, 0.25) is 0 Å². The highest BCUT2D eigenvalue weighted by molar-refractivity contribution is 6.24. The predicted octanol–water partition coefficient (Wildman–Crippen LogP) is 21.2. The molecule has 0 aliphatic carbocycles. The molecule has 0 atom stereocenters. The van der Waals surface area contributed by atoms with Crippen LogP contribution in [-0.2, 0) is 0 Å². The summed E-state index contributed by atoms with van der Waals surface area (Å²) in [6, 6.07) is 108. The molecular weight excluding hydrogens is 917 g/mol. The fraction of sp³-hybridized carbons (Fsp3) is 0. The Morgan fingerprint density at radius 2 is 0.474 bits per heavy atom. The second-order valence-corrected chi connectivity index (χ2v) is 20.1. The van der Waals surface area contributed by atoms with Gasteiger partial charge in [-0.05, 0) is 193 Å². The van der Waals surface area contributed by atoms with Crippen molar-refractivity contribution >= 4 is 120 Å². The Morgan fingerprint density at radius 1 is 0.158 bits per heavy atom. The fourth-order valence-corrected chi connectivity index (χ4v) is 12.1. The van der Waals surface area contributed by atoms with Crippen LogP contribution in [0, 0.1) is 0 Å². The van der Waals surface area contributed by atoms with Crippen molar-refractivity contribution in [1.82, 2.24) is 0 Å². The molecule has 0 spiro atoms. The lowest BCUT2D eigenvalue weighted by molar-refractivity contribution is 1.29. The van der Waals surface area contributed by atoms with E-state index in [0.29, 0.717) is 0 Å². The number of nitrogens with zero attached hydrogens (tertiary/aromatic N) is 2. The summed E-state index contributed by atoms with van der Waals surface area (Å²) in [6.07, 6.45) is 0. The van der Waals surface area contributed by atoms with Crippen molar-refractivity contribution in [2.45, 2.75) is 0 Å². The Kier molecular flexibility index (Phi) is 10.2. The molecule has 0 amide bonds.